The number of alkyl halides is 3. The molecule has 2 aromatic rings. The lowest BCUT2D eigenvalue weighted by Crippen LogP contribution is -2.38. The van der Waals surface area contributed by atoms with Gasteiger partial charge in [0.1, 0.15) is 11.8 Å². The minimum absolute atomic E-state index is 0.480. The van der Waals surface area contributed by atoms with Crippen LogP contribution in [0.2, 0.25) is 0 Å². The molecule has 1 aromatic heterocycles. The molecule has 0 saturated carbocycles. The second-order valence-corrected chi connectivity index (χ2v) is 3.94. The van der Waals surface area contributed by atoms with Crippen LogP contribution in [0.4, 0.5) is 13.2 Å². The van der Waals surface area contributed by atoms with Crippen LogP contribution in [0, 0.1) is 11.3 Å². The van der Waals surface area contributed by atoms with Crippen molar-refractivity contribution in [3.63, 3.8) is 0 Å². The van der Waals surface area contributed by atoms with Gasteiger partial charge in [-0.15, -0.1) is 0 Å². The summed E-state index contributed by atoms with van der Waals surface area (Å²) in [5.74, 6) is -2.91. The Hall–Kier alpha value is -2.05. The van der Waals surface area contributed by atoms with Crippen LogP contribution in [0.5, 0.6) is 0 Å². The summed E-state index contributed by atoms with van der Waals surface area (Å²) in [4.78, 5) is 0. The highest BCUT2D eigenvalue weighted by molar-refractivity contribution is 5.81. The molecule has 0 spiro atoms. The van der Waals surface area contributed by atoms with E-state index in [0.717, 1.165) is 5.39 Å². The summed E-state index contributed by atoms with van der Waals surface area (Å²) < 4.78 is 39.3. The maximum atomic E-state index is 12.7. The van der Waals surface area contributed by atoms with Crippen LogP contribution in [0.1, 0.15) is 0 Å². The van der Waals surface area contributed by atoms with Gasteiger partial charge in [-0.2, -0.15) is 18.3 Å². The van der Waals surface area contributed by atoms with E-state index in [1.807, 2.05) is 0 Å². The molecule has 0 saturated heterocycles. The van der Waals surface area contributed by atoms with E-state index < -0.39 is 24.5 Å². The van der Waals surface area contributed by atoms with Crippen molar-refractivity contribution < 1.29 is 13.2 Å². The molecule has 0 radical (unpaired) electrons. The number of aromatic nitrogens is 2. The average molecular weight is 256 g/mol. The van der Waals surface area contributed by atoms with Crippen LogP contribution in [0.3, 0.4) is 0 Å². The molecule has 96 valence electrons. The largest absolute Gasteiger partial charge is 0.400 e. The number of nitrogens with one attached hydrogen (secondary N) is 1. The highest BCUT2D eigenvalue weighted by atomic mass is 19.4. The Balaban J connectivity index is 2.35. The summed E-state index contributed by atoms with van der Waals surface area (Å²) in [6, 6.07) is 6.93. The number of hydrogen-bond acceptors (Lipinski definition) is 2. The van der Waals surface area contributed by atoms with Crippen molar-refractivity contribution in [2.24, 2.45) is 11.7 Å². The predicted octanol–water partition coefficient (Wildman–Crippen LogP) is 2.15. The number of nitrogens with two attached hydrogens (primary N) is 1. The Morgan fingerprint density at radius 3 is 2.67 bits per heavy atom. The molecule has 0 amide bonds. The van der Waals surface area contributed by atoms with Gasteiger partial charge >= 0.3 is 6.18 Å². The van der Waals surface area contributed by atoms with E-state index in [1.165, 1.54) is 10.9 Å². The quantitative estimate of drug-likeness (QED) is 0.652. The van der Waals surface area contributed by atoms with E-state index in [-0.39, 0.29) is 0 Å². The topological polar surface area (TPSA) is 67.7 Å². The normalized spacial score (nSPS) is 13.7. The van der Waals surface area contributed by atoms with Crippen molar-refractivity contribution in [2.75, 3.05) is 0 Å². The summed E-state index contributed by atoms with van der Waals surface area (Å²) in [5, 5.41) is 11.7. The standard InChI is InChI=1S/C11H11F3N4/c12-11(13,14)8(10(15)16)6-18-9-4-2-1-3-7(9)5-17-18/h1-5,8H,6H2,(H3,15,16). The van der Waals surface area contributed by atoms with Crippen LogP contribution in [0.15, 0.2) is 30.5 Å². The monoisotopic (exact) mass is 256 g/mol. The molecule has 18 heavy (non-hydrogen) atoms. The van der Waals surface area contributed by atoms with Crippen molar-refractivity contribution in [3.8, 4) is 0 Å². The first-order valence-corrected chi connectivity index (χ1v) is 5.21. The zero-order valence-corrected chi connectivity index (χ0v) is 9.28. The van der Waals surface area contributed by atoms with Crippen LogP contribution in [-0.2, 0) is 6.54 Å². The third-order valence-corrected chi connectivity index (χ3v) is 2.68. The van der Waals surface area contributed by atoms with Gasteiger partial charge in [-0.3, -0.25) is 10.1 Å². The van der Waals surface area contributed by atoms with Gasteiger partial charge in [0, 0.05) is 5.39 Å². The summed E-state index contributed by atoms with van der Waals surface area (Å²) in [6.07, 6.45) is -3.05. The molecule has 0 fully saturated rings. The molecule has 1 atom stereocenters. The lowest BCUT2D eigenvalue weighted by atomic mass is 10.1. The Morgan fingerprint density at radius 2 is 2.06 bits per heavy atom. The van der Waals surface area contributed by atoms with Gasteiger partial charge in [0.15, 0.2) is 0 Å². The van der Waals surface area contributed by atoms with E-state index >= 15 is 0 Å². The highest BCUT2D eigenvalue weighted by Gasteiger charge is 2.42. The van der Waals surface area contributed by atoms with Crippen LogP contribution >= 0.6 is 0 Å². The number of hydrogen-bond donors (Lipinski definition) is 2. The molecule has 0 aliphatic heterocycles. The van der Waals surface area contributed by atoms with Gasteiger partial charge < -0.3 is 5.73 Å². The summed E-state index contributed by atoms with van der Waals surface area (Å²) in [7, 11) is 0. The van der Waals surface area contributed by atoms with E-state index in [1.54, 1.807) is 24.3 Å². The van der Waals surface area contributed by atoms with Gasteiger partial charge in [0.2, 0.25) is 0 Å². The first kappa shape index (κ1) is 12.4. The van der Waals surface area contributed by atoms with E-state index in [4.69, 9.17) is 11.1 Å². The first-order valence-electron chi connectivity index (χ1n) is 5.21. The lowest BCUT2D eigenvalue weighted by molar-refractivity contribution is -0.159. The molecule has 0 bridgehead atoms. The van der Waals surface area contributed by atoms with Gasteiger partial charge in [-0.05, 0) is 6.07 Å². The highest BCUT2D eigenvalue weighted by Crippen LogP contribution is 2.28. The van der Waals surface area contributed by atoms with Gasteiger partial charge in [0.05, 0.1) is 18.3 Å². The van der Waals surface area contributed by atoms with Gasteiger partial charge in [0.25, 0.3) is 0 Å². The summed E-state index contributed by atoms with van der Waals surface area (Å²) >= 11 is 0. The lowest BCUT2D eigenvalue weighted by Gasteiger charge is -2.19. The molecule has 0 aliphatic rings. The van der Waals surface area contributed by atoms with Crippen LogP contribution in [0.25, 0.3) is 10.9 Å². The Bertz CT molecular complexity index is 573. The van der Waals surface area contributed by atoms with Gasteiger partial charge in [-0.1, -0.05) is 18.2 Å². The number of para-hydroxylation sites is 1. The minimum atomic E-state index is -4.54. The van der Waals surface area contributed by atoms with Crippen molar-refractivity contribution >= 4 is 16.7 Å². The zero-order chi connectivity index (χ0) is 13.3. The second-order valence-electron chi connectivity index (χ2n) is 3.94. The molecule has 7 heteroatoms. The van der Waals surface area contributed by atoms with Crippen LogP contribution in [-0.4, -0.2) is 21.8 Å². The maximum Gasteiger partial charge on any atom is 0.400 e. The van der Waals surface area contributed by atoms with Crippen molar-refractivity contribution in [1.82, 2.24) is 9.78 Å². The molecule has 2 rings (SSSR count). The number of halogens is 3. The Kier molecular flexibility index (Phi) is 2.98. The summed E-state index contributed by atoms with van der Waals surface area (Å²) in [5.41, 5.74) is 5.60. The Labute approximate surface area is 101 Å². The first-order chi connectivity index (χ1) is 8.39. The third kappa shape index (κ3) is 2.29. The van der Waals surface area contributed by atoms with E-state index in [9.17, 15) is 13.2 Å². The average Bonchev–Trinajstić information content (AvgIpc) is 2.67. The SMILES string of the molecule is N=C(N)C(Cn1ncc2ccccc21)C(F)(F)F. The molecular formula is C11H11F3N4. The van der Waals surface area contributed by atoms with Crippen molar-refractivity contribution in [3.05, 3.63) is 30.5 Å². The molecular weight excluding hydrogens is 245 g/mol. The fraction of sp³-hybridized carbons (Fsp3) is 0.273. The van der Waals surface area contributed by atoms with E-state index in [2.05, 4.69) is 5.10 Å². The molecule has 0 aliphatic carbocycles. The third-order valence-electron chi connectivity index (χ3n) is 2.68. The molecule has 3 N–H and O–H groups in total. The molecule has 1 heterocycles. The predicted molar refractivity (Wildman–Crippen MR) is 61.2 cm³/mol. The number of benzene rings is 1. The molecule has 4 nitrogen and oxygen atoms in total. The Morgan fingerprint density at radius 1 is 1.39 bits per heavy atom. The minimum Gasteiger partial charge on any atom is -0.387 e. The van der Waals surface area contributed by atoms with Crippen LogP contribution < -0.4 is 5.73 Å². The van der Waals surface area contributed by atoms with Gasteiger partial charge in [-0.25, -0.2) is 0 Å². The summed E-state index contributed by atoms with van der Waals surface area (Å²) in [6.45, 7) is -0.480. The van der Waals surface area contributed by atoms with Crippen molar-refractivity contribution in [2.45, 2.75) is 12.7 Å². The number of nitrogens with zero attached hydrogens (tertiary/aromatic N) is 2. The fourth-order valence-electron chi connectivity index (χ4n) is 1.72. The fourth-order valence-corrected chi connectivity index (χ4v) is 1.72. The zero-order valence-electron chi connectivity index (χ0n) is 9.28. The number of amidine groups is 1. The number of fused-ring (bicyclic) bond motifs is 1. The second kappa shape index (κ2) is 4.32. The number of rotatable bonds is 3. The maximum absolute atomic E-state index is 12.7. The molecule has 1 unspecified atom stereocenters. The smallest absolute Gasteiger partial charge is 0.387 e. The molecule has 1 aromatic carbocycles. The van der Waals surface area contributed by atoms with E-state index in [0.29, 0.717) is 5.52 Å². The van der Waals surface area contributed by atoms with Crippen molar-refractivity contribution in [1.29, 1.82) is 5.41 Å².